The first kappa shape index (κ1) is 15.4. The Hall–Kier alpha value is -2.04. The predicted octanol–water partition coefficient (Wildman–Crippen LogP) is 2.43. The van der Waals surface area contributed by atoms with Crippen LogP contribution in [0.25, 0.3) is 0 Å². The maximum absolute atomic E-state index is 12.6. The Labute approximate surface area is 125 Å². The molecule has 3 N–H and O–H groups in total. The minimum Gasteiger partial charge on any atom is -0.409 e. The number of oxime groups is 1. The molecule has 1 saturated carbocycles. The lowest BCUT2D eigenvalue weighted by Crippen LogP contribution is -2.42. The van der Waals surface area contributed by atoms with Gasteiger partial charge in [-0.1, -0.05) is 37.1 Å². The van der Waals surface area contributed by atoms with Crippen LogP contribution in [-0.4, -0.2) is 34.9 Å². The second kappa shape index (κ2) is 6.61. The fourth-order valence-corrected chi connectivity index (χ4v) is 3.07. The summed E-state index contributed by atoms with van der Waals surface area (Å²) in [6.45, 7) is 2.22. The van der Waals surface area contributed by atoms with Gasteiger partial charge in [-0.2, -0.15) is 0 Å². The van der Waals surface area contributed by atoms with Crippen molar-refractivity contribution < 1.29 is 10.0 Å². The van der Waals surface area contributed by atoms with Crippen molar-refractivity contribution in [3.63, 3.8) is 0 Å². The molecule has 5 heteroatoms. The summed E-state index contributed by atoms with van der Waals surface area (Å²) in [5.74, 6) is 0.618. The van der Waals surface area contributed by atoms with Gasteiger partial charge in [0.25, 0.3) is 5.91 Å². The molecule has 5 nitrogen and oxygen atoms in total. The lowest BCUT2D eigenvalue weighted by Gasteiger charge is -2.36. The normalized spacial score (nSPS) is 22.9. The standard InChI is InChI=1S/C16H23N3O2/c1-11-5-3-4-6-14(11)19(2)16(20)13-9-7-12(8-10-13)15(17)18-21/h7-11,14,21H,3-6H2,1-2H3,(H2,17,18). The van der Waals surface area contributed by atoms with Crippen molar-refractivity contribution in [2.75, 3.05) is 7.05 Å². The molecule has 2 atom stereocenters. The highest BCUT2D eigenvalue weighted by atomic mass is 16.4. The summed E-state index contributed by atoms with van der Waals surface area (Å²) >= 11 is 0. The van der Waals surface area contributed by atoms with E-state index in [1.807, 2.05) is 11.9 Å². The van der Waals surface area contributed by atoms with E-state index in [0.717, 1.165) is 6.42 Å². The van der Waals surface area contributed by atoms with Crippen LogP contribution >= 0.6 is 0 Å². The molecule has 0 radical (unpaired) electrons. The number of amides is 1. The van der Waals surface area contributed by atoms with Gasteiger partial charge >= 0.3 is 0 Å². The number of hydrogen-bond donors (Lipinski definition) is 2. The quantitative estimate of drug-likeness (QED) is 0.388. The Balaban J connectivity index is 2.12. The Kier molecular flexibility index (Phi) is 4.83. The van der Waals surface area contributed by atoms with Crippen molar-refractivity contribution >= 4 is 11.7 Å². The molecule has 0 bridgehead atoms. The number of nitrogens with zero attached hydrogens (tertiary/aromatic N) is 2. The molecule has 2 unspecified atom stereocenters. The summed E-state index contributed by atoms with van der Waals surface area (Å²) in [6, 6.07) is 7.15. The van der Waals surface area contributed by atoms with Crippen molar-refractivity contribution in [2.24, 2.45) is 16.8 Å². The van der Waals surface area contributed by atoms with Gasteiger partial charge in [0.05, 0.1) is 0 Å². The van der Waals surface area contributed by atoms with Crippen LogP contribution in [0.4, 0.5) is 0 Å². The van der Waals surface area contributed by atoms with E-state index in [9.17, 15) is 4.79 Å². The van der Waals surface area contributed by atoms with Crippen LogP contribution in [0.3, 0.4) is 0 Å². The van der Waals surface area contributed by atoms with E-state index in [0.29, 0.717) is 23.1 Å². The smallest absolute Gasteiger partial charge is 0.253 e. The van der Waals surface area contributed by atoms with Crippen LogP contribution in [0.15, 0.2) is 29.4 Å². The first-order valence-corrected chi connectivity index (χ1v) is 7.39. The Bertz CT molecular complexity index is 525. The first-order chi connectivity index (χ1) is 10.0. The van der Waals surface area contributed by atoms with E-state index in [2.05, 4.69) is 12.1 Å². The number of rotatable bonds is 3. The molecule has 2 rings (SSSR count). The molecule has 21 heavy (non-hydrogen) atoms. The van der Waals surface area contributed by atoms with Gasteiger partial charge in [0.2, 0.25) is 0 Å². The number of nitrogens with two attached hydrogens (primary N) is 1. The third-order valence-corrected chi connectivity index (χ3v) is 4.42. The van der Waals surface area contributed by atoms with E-state index in [1.165, 1.54) is 19.3 Å². The molecule has 0 aromatic heterocycles. The van der Waals surface area contributed by atoms with Crippen LogP contribution < -0.4 is 5.73 Å². The minimum atomic E-state index is 0.0276. The second-order valence-corrected chi connectivity index (χ2v) is 5.81. The highest BCUT2D eigenvalue weighted by Crippen LogP contribution is 2.28. The van der Waals surface area contributed by atoms with Gasteiger partial charge in [-0.3, -0.25) is 4.79 Å². The largest absolute Gasteiger partial charge is 0.409 e. The van der Waals surface area contributed by atoms with Crippen LogP contribution in [0.1, 0.15) is 48.5 Å². The number of benzene rings is 1. The maximum atomic E-state index is 12.6. The molecule has 1 fully saturated rings. The van der Waals surface area contributed by atoms with Gasteiger partial charge in [0.15, 0.2) is 5.84 Å². The molecule has 0 heterocycles. The Morgan fingerprint density at radius 3 is 2.38 bits per heavy atom. The Morgan fingerprint density at radius 2 is 1.81 bits per heavy atom. The van der Waals surface area contributed by atoms with Gasteiger partial charge < -0.3 is 15.8 Å². The topological polar surface area (TPSA) is 78.9 Å². The summed E-state index contributed by atoms with van der Waals surface area (Å²) in [7, 11) is 1.88. The fraction of sp³-hybridized carbons (Fsp3) is 0.500. The number of hydrogen-bond acceptors (Lipinski definition) is 3. The maximum Gasteiger partial charge on any atom is 0.253 e. The van der Waals surface area contributed by atoms with Crippen molar-refractivity contribution in [3.05, 3.63) is 35.4 Å². The van der Waals surface area contributed by atoms with Crippen LogP contribution in [-0.2, 0) is 0 Å². The zero-order valence-electron chi connectivity index (χ0n) is 12.6. The van der Waals surface area contributed by atoms with Gasteiger partial charge in [-0.15, -0.1) is 0 Å². The molecule has 1 amide bonds. The van der Waals surface area contributed by atoms with E-state index in [-0.39, 0.29) is 11.7 Å². The average Bonchev–Trinajstić information content (AvgIpc) is 2.53. The average molecular weight is 289 g/mol. The van der Waals surface area contributed by atoms with E-state index < -0.39 is 0 Å². The lowest BCUT2D eigenvalue weighted by atomic mass is 9.85. The molecular weight excluding hydrogens is 266 g/mol. The third kappa shape index (κ3) is 3.35. The van der Waals surface area contributed by atoms with E-state index in [1.54, 1.807) is 24.3 Å². The second-order valence-electron chi connectivity index (χ2n) is 5.81. The molecule has 1 aromatic rings. The first-order valence-electron chi connectivity index (χ1n) is 7.39. The highest BCUT2D eigenvalue weighted by Gasteiger charge is 2.28. The number of amidine groups is 1. The highest BCUT2D eigenvalue weighted by molar-refractivity contribution is 5.99. The summed E-state index contributed by atoms with van der Waals surface area (Å²) in [4.78, 5) is 14.4. The summed E-state index contributed by atoms with van der Waals surface area (Å²) in [5, 5.41) is 11.6. The molecule has 114 valence electrons. The number of carbonyl (C=O) groups excluding carboxylic acids is 1. The van der Waals surface area contributed by atoms with Gasteiger partial charge in [-0.25, -0.2) is 0 Å². The third-order valence-electron chi connectivity index (χ3n) is 4.42. The lowest BCUT2D eigenvalue weighted by molar-refractivity contribution is 0.0629. The van der Waals surface area contributed by atoms with Crippen LogP contribution in [0.5, 0.6) is 0 Å². The van der Waals surface area contributed by atoms with E-state index in [4.69, 9.17) is 10.9 Å². The van der Waals surface area contributed by atoms with Gasteiger partial charge in [0, 0.05) is 24.2 Å². The van der Waals surface area contributed by atoms with Crippen molar-refractivity contribution in [1.82, 2.24) is 4.90 Å². The molecule has 1 aromatic carbocycles. The van der Waals surface area contributed by atoms with Crippen LogP contribution in [0, 0.1) is 5.92 Å². The van der Waals surface area contributed by atoms with Crippen LogP contribution in [0.2, 0.25) is 0 Å². The SMILES string of the molecule is CC1CCCCC1N(C)C(=O)c1ccc(C(N)=NO)cc1. The number of carbonyl (C=O) groups is 1. The van der Waals surface area contributed by atoms with Gasteiger partial charge in [0.1, 0.15) is 0 Å². The summed E-state index contributed by atoms with van der Waals surface area (Å²) in [6.07, 6.45) is 4.71. The molecule has 0 saturated heterocycles. The monoisotopic (exact) mass is 289 g/mol. The van der Waals surface area contributed by atoms with Gasteiger partial charge in [-0.05, 0) is 30.9 Å². The minimum absolute atomic E-state index is 0.0276. The molecule has 1 aliphatic rings. The fourth-order valence-electron chi connectivity index (χ4n) is 3.07. The van der Waals surface area contributed by atoms with Crippen molar-refractivity contribution in [2.45, 2.75) is 38.6 Å². The molecule has 0 spiro atoms. The van der Waals surface area contributed by atoms with Crippen molar-refractivity contribution in [3.8, 4) is 0 Å². The van der Waals surface area contributed by atoms with E-state index >= 15 is 0 Å². The zero-order chi connectivity index (χ0) is 15.4. The summed E-state index contributed by atoms with van der Waals surface area (Å²) < 4.78 is 0. The molecule has 0 aliphatic heterocycles. The zero-order valence-corrected chi connectivity index (χ0v) is 12.6. The Morgan fingerprint density at radius 1 is 1.24 bits per heavy atom. The summed E-state index contributed by atoms with van der Waals surface area (Å²) in [5.41, 5.74) is 6.75. The van der Waals surface area contributed by atoms with Crippen molar-refractivity contribution in [1.29, 1.82) is 0 Å². The molecule has 1 aliphatic carbocycles. The molecular formula is C16H23N3O2. The predicted molar refractivity (Wildman–Crippen MR) is 82.5 cm³/mol.